The molecule has 7 heteroatoms. The number of hydrogen-bond donors (Lipinski definition) is 2. The van der Waals surface area contributed by atoms with Gasteiger partial charge in [0.05, 0.1) is 12.7 Å². The Bertz CT molecular complexity index is 1170. The fourth-order valence-corrected chi connectivity index (χ4v) is 3.82. The van der Waals surface area contributed by atoms with Crippen LogP contribution in [-0.4, -0.2) is 35.9 Å². The Balaban J connectivity index is 1.72. The summed E-state index contributed by atoms with van der Waals surface area (Å²) in [7, 11) is 1.60. The van der Waals surface area contributed by atoms with E-state index >= 15 is 0 Å². The molecule has 4 rings (SSSR count). The molecule has 162 valence electrons. The second kappa shape index (κ2) is 9.24. The van der Waals surface area contributed by atoms with Gasteiger partial charge in [0.2, 0.25) is 12.3 Å². The van der Waals surface area contributed by atoms with Gasteiger partial charge in [0.15, 0.2) is 6.04 Å². The first-order chi connectivity index (χ1) is 15.5. The normalized spacial score (nSPS) is 19.0. The number of rotatable bonds is 5. The van der Waals surface area contributed by atoms with Crippen molar-refractivity contribution in [3.63, 3.8) is 0 Å². The number of carbonyl (C=O) groups excluding carboxylic acids is 2. The van der Waals surface area contributed by atoms with Crippen molar-refractivity contribution >= 4 is 29.6 Å². The van der Waals surface area contributed by atoms with Gasteiger partial charge in [-0.15, -0.1) is 10.1 Å². The van der Waals surface area contributed by atoms with Crippen LogP contribution in [0.15, 0.2) is 72.8 Å². The zero-order valence-electron chi connectivity index (χ0n) is 17.7. The van der Waals surface area contributed by atoms with Crippen LogP contribution < -0.4 is 15.5 Å². The predicted octanol–water partition coefficient (Wildman–Crippen LogP) is 3.67. The van der Waals surface area contributed by atoms with Gasteiger partial charge in [-0.05, 0) is 43.3 Å². The van der Waals surface area contributed by atoms with Crippen molar-refractivity contribution in [2.24, 2.45) is 0 Å². The number of hydrazone groups is 1. The molecule has 1 aliphatic rings. The van der Waals surface area contributed by atoms with Crippen LogP contribution in [-0.2, 0) is 4.79 Å². The first-order valence-corrected chi connectivity index (χ1v) is 10.5. The molecule has 0 spiro atoms. The summed E-state index contributed by atoms with van der Waals surface area (Å²) in [6, 6.07) is 20.7. The number of methoxy groups -OCH3 is 1. The monoisotopic (exact) mass is 448 g/mol. The highest BCUT2D eigenvalue weighted by atomic mass is 35.5. The van der Waals surface area contributed by atoms with Crippen LogP contribution in [0, 0.1) is 6.92 Å². The van der Waals surface area contributed by atoms with Crippen LogP contribution in [0.5, 0.6) is 5.75 Å². The molecule has 1 heterocycles. The Morgan fingerprint density at radius 3 is 2.44 bits per heavy atom. The molecule has 0 unspecified atom stereocenters. The van der Waals surface area contributed by atoms with E-state index in [0.29, 0.717) is 16.3 Å². The summed E-state index contributed by atoms with van der Waals surface area (Å²) in [6.07, 6.45) is 1.82. The molecule has 0 aromatic heterocycles. The summed E-state index contributed by atoms with van der Waals surface area (Å²) in [4.78, 5) is 25.8. The number of para-hydroxylation sites is 1. The highest BCUT2D eigenvalue weighted by molar-refractivity contribution is 6.30. The molecule has 0 radical (unpaired) electrons. The molecule has 0 bridgehead atoms. The molecular weight excluding hydrogens is 426 g/mol. The van der Waals surface area contributed by atoms with Gasteiger partial charge in [-0.1, -0.05) is 53.6 Å². The fraction of sp³-hybridized carbons (Fsp3) is 0.160. The molecule has 1 saturated heterocycles. The topological polar surface area (TPSA) is 70.4 Å². The third-order valence-electron chi connectivity index (χ3n) is 5.37. The minimum atomic E-state index is -0.799. The van der Waals surface area contributed by atoms with Gasteiger partial charge >= 0.3 is 5.91 Å². The average molecular weight is 449 g/mol. The van der Waals surface area contributed by atoms with Crippen molar-refractivity contribution in [1.82, 2.24) is 10.7 Å². The Hall–Kier alpha value is -3.64. The quantitative estimate of drug-likeness (QED) is 0.585. The number of carbonyl (C=O) groups is 2. The summed E-state index contributed by atoms with van der Waals surface area (Å²) >= 11 is 5.93. The molecule has 0 aliphatic carbocycles. The lowest BCUT2D eigenvalue weighted by atomic mass is 9.98. The Morgan fingerprint density at radius 2 is 1.75 bits per heavy atom. The van der Waals surface area contributed by atoms with Crippen molar-refractivity contribution in [1.29, 1.82) is 0 Å². The van der Waals surface area contributed by atoms with Gasteiger partial charge in [-0.25, -0.2) is 0 Å². The molecule has 1 fully saturated rings. The van der Waals surface area contributed by atoms with Crippen molar-refractivity contribution in [2.75, 3.05) is 7.11 Å². The summed E-state index contributed by atoms with van der Waals surface area (Å²) < 4.78 is 7.17. The van der Waals surface area contributed by atoms with Crippen LogP contribution in [0.1, 0.15) is 33.1 Å². The lowest BCUT2D eigenvalue weighted by Gasteiger charge is -2.15. The molecule has 2 N–H and O–H groups in total. The molecular formula is C25H23ClN3O3+. The summed E-state index contributed by atoms with van der Waals surface area (Å²) in [5.74, 6) is 0.0279. The van der Waals surface area contributed by atoms with Crippen LogP contribution in [0.3, 0.4) is 0 Å². The van der Waals surface area contributed by atoms with Crippen LogP contribution in [0.25, 0.3) is 0 Å². The van der Waals surface area contributed by atoms with E-state index in [1.807, 2.05) is 61.7 Å². The van der Waals surface area contributed by atoms with E-state index in [9.17, 15) is 9.59 Å². The second-order valence-electron chi connectivity index (χ2n) is 7.57. The van der Waals surface area contributed by atoms with Gasteiger partial charge in [0, 0.05) is 16.1 Å². The molecule has 3 aromatic rings. The summed E-state index contributed by atoms with van der Waals surface area (Å²) in [6.45, 7) is 2.00. The highest BCUT2D eigenvalue weighted by Crippen LogP contribution is 2.27. The minimum absolute atomic E-state index is 0.302. The standard InChI is InChI=1S/C25H22ClN3O3/c1-16-7-9-17(10-8-16)23-22(27-24(30)18-11-13-20(26)14-12-18)25(31)28-29(23)15-19-5-3-4-6-21(19)32-2/h3-15,22-23H,1-2H3,(H-,27,28,30,31)/p+1/b29-15-/t22-,23+/m0/s1. The van der Waals surface area contributed by atoms with Gasteiger partial charge < -0.3 is 10.1 Å². The maximum Gasteiger partial charge on any atom is 0.304 e. The van der Waals surface area contributed by atoms with E-state index in [1.165, 1.54) is 0 Å². The predicted molar refractivity (Wildman–Crippen MR) is 123 cm³/mol. The molecule has 2 atom stereocenters. The number of nitrogens with zero attached hydrogens (tertiary/aromatic N) is 1. The van der Waals surface area contributed by atoms with E-state index < -0.39 is 12.1 Å². The Labute approximate surface area is 191 Å². The number of benzene rings is 3. The van der Waals surface area contributed by atoms with Gasteiger partial charge in [-0.2, -0.15) is 0 Å². The fourth-order valence-electron chi connectivity index (χ4n) is 3.69. The van der Waals surface area contributed by atoms with Gasteiger partial charge in [0.25, 0.3) is 5.91 Å². The van der Waals surface area contributed by atoms with E-state index in [-0.39, 0.29) is 11.8 Å². The second-order valence-corrected chi connectivity index (χ2v) is 8.00. The number of hydrazine groups is 1. The van der Waals surface area contributed by atoms with Gasteiger partial charge in [0.1, 0.15) is 5.75 Å². The number of amides is 2. The lowest BCUT2D eigenvalue weighted by Crippen LogP contribution is -2.42. The van der Waals surface area contributed by atoms with E-state index in [0.717, 1.165) is 16.7 Å². The van der Waals surface area contributed by atoms with Crippen molar-refractivity contribution in [2.45, 2.75) is 19.0 Å². The SMILES string of the molecule is COc1ccccc1/C=[N+]1\NC(=O)[C@@H](NC(=O)c2ccc(Cl)cc2)[C@H]1c1ccc(C)cc1. The Morgan fingerprint density at radius 1 is 1.06 bits per heavy atom. The smallest absolute Gasteiger partial charge is 0.304 e. The first-order valence-electron chi connectivity index (χ1n) is 10.2. The number of ether oxygens (including phenoxy) is 1. The zero-order valence-corrected chi connectivity index (χ0v) is 18.5. The number of nitrogens with one attached hydrogen (secondary N) is 2. The maximum atomic E-state index is 13.0. The molecule has 2 amide bonds. The van der Waals surface area contributed by atoms with Crippen LogP contribution >= 0.6 is 11.6 Å². The molecule has 32 heavy (non-hydrogen) atoms. The lowest BCUT2D eigenvalue weighted by molar-refractivity contribution is -0.596. The van der Waals surface area contributed by atoms with E-state index in [4.69, 9.17) is 16.3 Å². The van der Waals surface area contributed by atoms with Crippen molar-refractivity contribution < 1.29 is 19.0 Å². The van der Waals surface area contributed by atoms with Crippen molar-refractivity contribution in [3.05, 3.63) is 100 Å². The first kappa shape index (κ1) is 21.6. The largest absolute Gasteiger partial charge is 0.496 e. The molecule has 0 saturated carbocycles. The third-order valence-corrected chi connectivity index (χ3v) is 5.62. The molecule has 1 aliphatic heterocycles. The molecule has 6 nitrogen and oxygen atoms in total. The van der Waals surface area contributed by atoms with E-state index in [2.05, 4.69) is 10.7 Å². The third kappa shape index (κ3) is 4.50. The molecule has 3 aromatic carbocycles. The minimum Gasteiger partial charge on any atom is -0.496 e. The van der Waals surface area contributed by atoms with Crippen LogP contribution in [0.2, 0.25) is 5.02 Å². The Kier molecular flexibility index (Phi) is 6.23. The van der Waals surface area contributed by atoms with Crippen LogP contribution in [0.4, 0.5) is 0 Å². The number of halogens is 1. The van der Waals surface area contributed by atoms with Gasteiger partial charge in [-0.3, -0.25) is 9.59 Å². The average Bonchev–Trinajstić information content (AvgIpc) is 3.09. The van der Waals surface area contributed by atoms with E-state index in [1.54, 1.807) is 36.1 Å². The summed E-state index contributed by atoms with van der Waals surface area (Å²) in [5.41, 5.74) is 6.11. The number of aryl methyl sites for hydroxylation is 1. The van der Waals surface area contributed by atoms with Crippen molar-refractivity contribution in [3.8, 4) is 5.75 Å². The summed E-state index contributed by atoms with van der Waals surface area (Å²) in [5, 5.41) is 3.42. The highest BCUT2D eigenvalue weighted by Gasteiger charge is 2.47. The maximum absolute atomic E-state index is 13.0. The zero-order chi connectivity index (χ0) is 22.7. The number of hydrogen-bond acceptors (Lipinski definition) is 3.